The van der Waals surface area contributed by atoms with Crippen LogP contribution in [0.2, 0.25) is 0 Å². The Kier molecular flexibility index (Phi) is 5.24. The molecule has 9 heteroatoms. The summed E-state index contributed by atoms with van der Waals surface area (Å²) in [6, 6.07) is 1.33. The van der Waals surface area contributed by atoms with Gasteiger partial charge in [-0.25, -0.2) is 13.6 Å². The highest BCUT2D eigenvalue weighted by atomic mass is 32.2. The van der Waals surface area contributed by atoms with E-state index in [-0.39, 0.29) is 11.5 Å². The third-order valence-corrected chi connectivity index (χ3v) is 3.92. The van der Waals surface area contributed by atoms with E-state index in [1.807, 2.05) is 0 Å². The maximum Gasteiger partial charge on any atom is 0.522 e. The molecular formula is C12H16F3NO4S. The third kappa shape index (κ3) is 4.87. The van der Waals surface area contributed by atoms with Crippen molar-refractivity contribution in [1.82, 2.24) is 0 Å². The molecular weight excluding hydrogens is 311 g/mol. The maximum atomic E-state index is 11.8. The van der Waals surface area contributed by atoms with Gasteiger partial charge in [0.15, 0.2) is 0 Å². The number of benzene rings is 1. The SMILES string of the molecule is Cc1cc(S(N)(=O)=O)c(C)c(C)c1OCCOC(F)(F)F. The first-order valence-corrected chi connectivity index (χ1v) is 7.45. The number of alkyl halides is 3. The molecule has 0 heterocycles. The largest absolute Gasteiger partial charge is 0.522 e. The van der Waals surface area contributed by atoms with E-state index in [4.69, 9.17) is 9.88 Å². The number of nitrogens with two attached hydrogens (primary N) is 1. The van der Waals surface area contributed by atoms with Crippen LogP contribution >= 0.6 is 0 Å². The van der Waals surface area contributed by atoms with Gasteiger partial charge >= 0.3 is 6.36 Å². The number of ether oxygens (including phenoxy) is 2. The van der Waals surface area contributed by atoms with E-state index in [2.05, 4.69) is 4.74 Å². The minimum absolute atomic E-state index is 0.0311. The zero-order chi connectivity index (χ0) is 16.4. The van der Waals surface area contributed by atoms with Crippen molar-refractivity contribution in [2.24, 2.45) is 5.14 Å². The summed E-state index contributed by atoms with van der Waals surface area (Å²) in [5.74, 6) is 0.325. The fourth-order valence-corrected chi connectivity index (χ4v) is 2.76. The summed E-state index contributed by atoms with van der Waals surface area (Å²) in [6.07, 6.45) is -4.71. The van der Waals surface area contributed by atoms with Crippen molar-refractivity contribution in [2.45, 2.75) is 32.0 Å². The highest BCUT2D eigenvalue weighted by Gasteiger charge is 2.28. The van der Waals surface area contributed by atoms with Crippen LogP contribution in [0.1, 0.15) is 16.7 Å². The number of hydrogen-bond acceptors (Lipinski definition) is 4. The van der Waals surface area contributed by atoms with E-state index in [9.17, 15) is 21.6 Å². The first kappa shape index (κ1) is 17.7. The second-order valence-electron chi connectivity index (χ2n) is 4.46. The summed E-state index contributed by atoms with van der Waals surface area (Å²) in [5.41, 5.74) is 1.37. The molecule has 120 valence electrons. The fourth-order valence-electron chi connectivity index (χ4n) is 1.84. The first-order valence-electron chi connectivity index (χ1n) is 5.90. The molecule has 5 nitrogen and oxygen atoms in total. The van der Waals surface area contributed by atoms with Crippen molar-refractivity contribution < 1.29 is 31.1 Å². The highest BCUT2D eigenvalue weighted by molar-refractivity contribution is 7.89. The van der Waals surface area contributed by atoms with Crippen molar-refractivity contribution >= 4 is 10.0 Å². The smallest absolute Gasteiger partial charge is 0.491 e. The molecule has 0 fully saturated rings. The monoisotopic (exact) mass is 327 g/mol. The summed E-state index contributed by atoms with van der Waals surface area (Å²) in [6.45, 7) is 3.78. The summed E-state index contributed by atoms with van der Waals surface area (Å²) >= 11 is 0. The van der Waals surface area contributed by atoms with Gasteiger partial charge in [0.25, 0.3) is 0 Å². The van der Waals surface area contributed by atoms with Crippen LogP contribution in [0.4, 0.5) is 13.2 Å². The van der Waals surface area contributed by atoms with Crippen molar-refractivity contribution in [3.8, 4) is 5.75 Å². The van der Waals surface area contributed by atoms with Crippen LogP contribution in [-0.4, -0.2) is 28.0 Å². The maximum absolute atomic E-state index is 11.8. The molecule has 1 aromatic carbocycles. The van der Waals surface area contributed by atoms with Crippen LogP contribution in [-0.2, 0) is 14.8 Å². The normalized spacial score (nSPS) is 12.5. The summed E-state index contributed by atoms with van der Waals surface area (Å²) < 4.78 is 67.2. The van der Waals surface area contributed by atoms with E-state index in [1.165, 1.54) is 6.07 Å². The molecule has 0 aromatic heterocycles. The number of hydrogen-bond donors (Lipinski definition) is 1. The minimum Gasteiger partial charge on any atom is -0.491 e. The second-order valence-corrected chi connectivity index (χ2v) is 5.99. The van der Waals surface area contributed by atoms with E-state index >= 15 is 0 Å². The summed E-state index contributed by atoms with van der Waals surface area (Å²) in [7, 11) is -3.87. The standard InChI is InChI=1S/C12H16F3NO4S/c1-7-6-10(21(16,17)18)8(2)9(3)11(7)19-4-5-20-12(13,14)15/h6H,4-5H2,1-3H3,(H2,16,17,18). The Hall–Kier alpha value is -1.32. The molecule has 0 saturated heterocycles. The molecule has 0 radical (unpaired) electrons. The Bertz CT molecular complexity index is 626. The summed E-state index contributed by atoms with van der Waals surface area (Å²) in [4.78, 5) is -0.0311. The molecule has 21 heavy (non-hydrogen) atoms. The number of aryl methyl sites for hydroxylation is 1. The van der Waals surface area contributed by atoms with E-state index < -0.39 is 23.0 Å². The number of rotatable bonds is 5. The van der Waals surface area contributed by atoms with E-state index in [0.717, 1.165) is 0 Å². The first-order chi connectivity index (χ1) is 9.43. The number of primary sulfonamides is 1. The molecule has 0 unspecified atom stereocenters. The number of sulfonamides is 1. The molecule has 0 amide bonds. The van der Waals surface area contributed by atoms with Gasteiger partial charge in [-0.2, -0.15) is 0 Å². The Morgan fingerprint density at radius 2 is 1.71 bits per heavy atom. The molecule has 1 rings (SSSR count). The molecule has 0 bridgehead atoms. The zero-order valence-electron chi connectivity index (χ0n) is 11.7. The molecule has 1 aromatic rings. The predicted octanol–water partition coefficient (Wildman–Crippen LogP) is 2.17. The van der Waals surface area contributed by atoms with Crippen molar-refractivity contribution in [3.63, 3.8) is 0 Å². The average molecular weight is 327 g/mol. The molecule has 0 saturated carbocycles. The quantitative estimate of drug-likeness (QED) is 0.841. The van der Waals surface area contributed by atoms with Crippen molar-refractivity contribution in [2.75, 3.05) is 13.2 Å². The second kappa shape index (κ2) is 6.20. The Morgan fingerprint density at radius 3 is 2.19 bits per heavy atom. The minimum atomic E-state index is -4.71. The fraction of sp³-hybridized carbons (Fsp3) is 0.500. The lowest BCUT2D eigenvalue weighted by molar-refractivity contribution is -0.325. The van der Waals surface area contributed by atoms with Gasteiger partial charge in [-0.1, -0.05) is 0 Å². The van der Waals surface area contributed by atoms with Crippen LogP contribution < -0.4 is 9.88 Å². The zero-order valence-corrected chi connectivity index (χ0v) is 12.6. The van der Waals surface area contributed by atoms with Gasteiger partial charge in [0.2, 0.25) is 10.0 Å². The highest BCUT2D eigenvalue weighted by Crippen LogP contribution is 2.30. The topological polar surface area (TPSA) is 78.6 Å². The molecule has 0 atom stereocenters. The Balaban J connectivity index is 2.93. The lowest BCUT2D eigenvalue weighted by Crippen LogP contribution is -2.19. The van der Waals surface area contributed by atoms with Gasteiger partial charge in [-0.15, -0.1) is 13.2 Å². The number of halogens is 3. The van der Waals surface area contributed by atoms with Gasteiger partial charge in [0.05, 0.1) is 11.5 Å². The molecule has 0 aliphatic carbocycles. The van der Waals surface area contributed by atoms with Gasteiger partial charge in [-0.05, 0) is 43.5 Å². The van der Waals surface area contributed by atoms with E-state index in [0.29, 0.717) is 22.4 Å². The predicted molar refractivity (Wildman–Crippen MR) is 69.5 cm³/mol. The average Bonchev–Trinajstić information content (AvgIpc) is 2.30. The van der Waals surface area contributed by atoms with Gasteiger partial charge in [-0.3, -0.25) is 4.74 Å². The Labute approximate surface area is 120 Å². The van der Waals surface area contributed by atoms with Crippen LogP contribution in [0.25, 0.3) is 0 Å². The van der Waals surface area contributed by atoms with Crippen LogP contribution in [0.5, 0.6) is 5.75 Å². The van der Waals surface area contributed by atoms with Gasteiger partial charge < -0.3 is 4.74 Å². The molecule has 0 aliphatic rings. The lowest BCUT2D eigenvalue weighted by atomic mass is 10.1. The third-order valence-electron chi connectivity index (χ3n) is 2.88. The Morgan fingerprint density at radius 1 is 1.14 bits per heavy atom. The lowest BCUT2D eigenvalue weighted by Gasteiger charge is -2.17. The van der Waals surface area contributed by atoms with Gasteiger partial charge in [0.1, 0.15) is 12.4 Å². The molecule has 0 aliphatic heterocycles. The van der Waals surface area contributed by atoms with Crippen LogP contribution in [0.3, 0.4) is 0 Å². The molecule has 2 N–H and O–H groups in total. The van der Waals surface area contributed by atoms with Crippen LogP contribution in [0, 0.1) is 20.8 Å². The van der Waals surface area contributed by atoms with Crippen molar-refractivity contribution in [3.05, 3.63) is 22.8 Å². The summed E-state index contributed by atoms with van der Waals surface area (Å²) in [5, 5.41) is 5.10. The van der Waals surface area contributed by atoms with E-state index in [1.54, 1.807) is 20.8 Å². The van der Waals surface area contributed by atoms with Crippen LogP contribution in [0.15, 0.2) is 11.0 Å². The van der Waals surface area contributed by atoms with Crippen molar-refractivity contribution in [1.29, 1.82) is 0 Å². The molecule has 0 spiro atoms. The van der Waals surface area contributed by atoms with Gasteiger partial charge in [0, 0.05) is 0 Å².